The third-order valence-electron chi connectivity index (χ3n) is 4.18. The van der Waals surface area contributed by atoms with Crippen molar-refractivity contribution in [3.8, 4) is 0 Å². The summed E-state index contributed by atoms with van der Waals surface area (Å²) in [4.78, 5) is 21.9. The van der Waals surface area contributed by atoms with Gasteiger partial charge < -0.3 is 9.88 Å². The Bertz CT molecular complexity index is 667. The van der Waals surface area contributed by atoms with Crippen molar-refractivity contribution in [2.24, 2.45) is 0 Å². The van der Waals surface area contributed by atoms with Crippen molar-refractivity contribution in [1.29, 1.82) is 0 Å². The highest BCUT2D eigenvalue weighted by atomic mass is 19.1. The van der Waals surface area contributed by atoms with Gasteiger partial charge in [0.25, 0.3) is 0 Å². The molecule has 1 aliphatic heterocycles. The number of hydrogen-bond acceptors (Lipinski definition) is 2. The fraction of sp³-hybridized carbons (Fsp3) is 0.412. The van der Waals surface area contributed by atoms with E-state index >= 15 is 0 Å². The van der Waals surface area contributed by atoms with E-state index in [-0.39, 0.29) is 24.1 Å². The summed E-state index contributed by atoms with van der Waals surface area (Å²) in [5.74, 6) is 0.858. The molecule has 1 aromatic carbocycles. The van der Waals surface area contributed by atoms with E-state index in [1.807, 2.05) is 18.0 Å². The van der Waals surface area contributed by atoms with E-state index in [0.717, 1.165) is 30.9 Å². The van der Waals surface area contributed by atoms with Crippen molar-refractivity contribution >= 4 is 5.91 Å². The molecule has 0 saturated carbocycles. The Morgan fingerprint density at radius 3 is 3.00 bits per heavy atom. The van der Waals surface area contributed by atoms with E-state index in [2.05, 4.69) is 9.97 Å². The molecule has 116 valence electrons. The molecule has 2 heterocycles. The van der Waals surface area contributed by atoms with Gasteiger partial charge in [-0.25, -0.2) is 9.37 Å². The number of aryl methyl sites for hydroxylation is 1. The first-order valence-electron chi connectivity index (χ1n) is 7.66. The molecule has 3 rings (SSSR count). The second-order valence-electron chi connectivity index (χ2n) is 5.90. The molecule has 1 aliphatic rings. The fourth-order valence-electron chi connectivity index (χ4n) is 2.98. The number of nitrogens with one attached hydrogen (secondary N) is 1. The van der Waals surface area contributed by atoms with E-state index in [9.17, 15) is 9.18 Å². The normalized spacial score (nSPS) is 18.5. The maximum atomic E-state index is 13.7. The van der Waals surface area contributed by atoms with E-state index in [1.165, 1.54) is 6.07 Å². The molecule has 1 saturated heterocycles. The molecule has 0 bridgehead atoms. The summed E-state index contributed by atoms with van der Waals surface area (Å²) in [5, 5.41) is 0. The first-order valence-corrected chi connectivity index (χ1v) is 7.66. The van der Waals surface area contributed by atoms with Gasteiger partial charge in [-0.15, -0.1) is 0 Å². The lowest BCUT2D eigenvalue weighted by Crippen LogP contribution is -2.40. The van der Waals surface area contributed by atoms with Crippen molar-refractivity contribution in [1.82, 2.24) is 14.9 Å². The van der Waals surface area contributed by atoms with Crippen LogP contribution in [0, 0.1) is 12.7 Å². The number of likely N-dealkylation sites (tertiary alicyclic amines) is 1. The topological polar surface area (TPSA) is 49.0 Å². The number of imidazole rings is 1. The van der Waals surface area contributed by atoms with Gasteiger partial charge in [-0.2, -0.15) is 0 Å². The van der Waals surface area contributed by atoms with Gasteiger partial charge in [-0.3, -0.25) is 4.79 Å². The Labute approximate surface area is 129 Å². The lowest BCUT2D eigenvalue weighted by atomic mass is 9.96. The van der Waals surface area contributed by atoms with E-state index in [4.69, 9.17) is 0 Å². The third-order valence-corrected chi connectivity index (χ3v) is 4.18. The SMILES string of the molecule is Cc1cnc([C@@H]2CCCN(C(=O)Cc3ccccc3F)C2)[nH]1. The molecule has 22 heavy (non-hydrogen) atoms. The van der Waals surface area contributed by atoms with Crippen LogP contribution in [0.25, 0.3) is 0 Å². The Balaban J connectivity index is 1.66. The average molecular weight is 301 g/mol. The Hall–Kier alpha value is -2.17. The molecular weight excluding hydrogens is 281 g/mol. The monoisotopic (exact) mass is 301 g/mol. The number of aromatic nitrogens is 2. The number of rotatable bonds is 3. The third kappa shape index (κ3) is 3.18. The van der Waals surface area contributed by atoms with Crippen molar-refractivity contribution in [3.05, 3.63) is 53.4 Å². The molecule has 0 unspecified atom stereocenters. The van der Waals surface area contributed by atoms with Gasteiger partial charge in [0.2, 0.25) is 5.91 Å². The number of H-pyrrole nitrogens is 1. The summed E-state index contributed by atoms with van der Waals surface area (Å²) in [5.41, 5.74) is 1.49. The van der Waals surface area contributed by atoms with Crippen LogP contribution in [0.15, 0.2) is 30.5 Å². The highest BCUT2D eigenvalue weighted by molar-refractivity contribution is 5.79. The van der Waals surface area contributed by atoms with Crippen molar-refractivity contribution in [3.63, 3.8) is 0 Å². The van der Waals surface area contributed by atoms with Crippen LogP contribution >= 0.6 is 0 Å². The van der Waals surface area contributed by atoms with Crippen LogP contribution in [-0.4, -0.2) is 33.9 Å². The standard InChI is InChI=1S/C17H20FN3O/c1-12-10-19-17(20-12)14-6-4-8-21(11-14)16(22)9-13-5-2-3-7-15(13)18/h2-3,5,7,10,14H,4,6,8-9,11H2,1H3,(H,19,20)/t14-/m1/s1. The number of piperidine rings is 1. The molecule has 4 nitrogen and oxygen atoms in total. The van der Waals surface area contributed by atoms with Gasteiger partial charge in [0.15, 0.2) is 0 Å². The number of amides is 1. The van der Waals surface area contributed by atoms with Crippen LogP contribution in [0.2, 0.25) is 0 Å². The number of nitrogens with zero attached hydrogens (tertiary/aromatic N) is 2. The van der Waals surface area contributed by atoms with Crippen LogP contribution in [0.3, 0.4) is 0 Å². The number of hydrogen-bond donors (Lipinski definition) is 1. The molecule has 2 aromatic rings. The largest absolute Gasteiger partial charge is 0.346 e. The molecule has 1 fully saturated rings. The van der Waals surface area contributed by atoms with Gasteiger partial charge in [0.1, 0.15) is 11.6 Å². The summed E-state index contributed by atoms with van der Waals surface area (Å²) in [7, 11) is 0. The van der Waals surface area contributed by atoms with Crippen LogP contribution in [0.4, 0.5) is 4.39 Å². The Kier molecular flexibility index (Phi) is 4.22. The zero-order valence-corrected chi connectivity index (χ0v) is 12.7. The Morgan fingerprint density at radius 2 is 2.27 bits per heavy atom. The second kappa shape index (κ2) is 6.30. The van der Waals surface area contributed by atoms with Gasteiger partial charge in [0, 0.05) is 30.9 Å². The highest BCUT2D eigenvalue weighted by Crippen LogP contribution is 2.25. The number of halogens is 1. The zero-order valence-electron chi connectivity index (χ0n) is 12.7. The molecule has 1 N–H and O–H groups in total. The minimum atomic E-state index is -0.314. The van der Waals surface area contributed by atoms with Gasteiger partial charge in [-0.05, 0) is 31.4 Å². The summed E-state index contributed by atoms with van der Waals surface area (Å²) in [6, 6.07) is 6.47. The molecular formula is C17H20FN3O. The van der Waals surface area contributed by atoms with Crippen molar-refractivity contribution in [2.45, 2.75) is 32.1 Å². The van der Waals surface area contributed by atoms with Crippen molar-refractivity contribution < 1.29 is 9.18 Å². The molecule has 0 aliphatic carbocycles. The predicted octanol–water partition coefficient (Wildman–Crippen LogP) is 2.81. The zero-order chi connectivity index (χ0) is 15.5. The molecule has 5 heteroatoms. The number of carbonyl (C=O) groups excluding carboxylic acids is 1. The first-order chi connectivity index (χ1) is 10.6. The first kappa shape index (κ1) is 14.8. The lowest BCUT2D eigenvalue weighted by Gasteiger charge is -2.32. The average Bonchev–Trinajstić information content (AvgIpc) is 2.96. The summed E-state index contributed by atoms with van der Waals surface area (Å²) < 4.78 is 13.7. The van der Waals surface area contributed by atoms with Gasteiger partial charge in [-0.1, -0.05) is 18.2 Å². The fourth-order valence-corrected chi connectivity index (χ4v) is 2.98. The van der Waals surface area contributed by atoms with Crippen LogP contribution in [0.1, 0.15) is 35.8 Å². The smallest absolute Gasteiger partial charge is 0.227 e. The number of aromatic amines is 1. The molecule has 1 atom stereocenters. The molecule has 0 radical (unpaired) electrons. The highest BCUT2D eigenvalue weighted by Gasteiger charge is 2.26. The lowest BCUT2D eigenvalue weighted by molar-refractivity contribution is -0.131. The summed E-state index contributed by atoms with van der Waals surface area (Å²) in [6.07, 6.45) is 3.91. The number of benzene rings is 1. The van der Waals surface area contributed by atoms with E-state index in [1.54, 1.807) is 18.2 Å². The van der Waals surface area contributed by atoms with Crippen LogP contribution in [0.5, 0.6) is 0 Å². The number of carbonyl (C=O) groups is 1. The van der Waals surface area contributed by atoms with Gasteiger partial charge >= 0.3 is 0 Å². The van der Waals surface area contributed by atoms with Crippen LogP contribution < -0.4 is 0 Å². The summed E-state index contributed by atoms with van der Waals surface area (Å²) in [6.45, 7) is 3.37. The van der Waals surface area contributed by atoms with Crippen molar-refractivity contribution in [2.75, 3.05) is 13.1 Å². The van der Waals surface area contributed by atoms with E-state index in [0.29, 0.717) is 12.1 Å². The maximum Gasteiger partial charge on any atom is 0.227 e. The maximum absolute atomic E-state index is 13.7. The van der Waals surface area contributed by atoms with Gasteiger partial charge in [0.05, 0.1) is 6.42 Å². The van der Waals surface area contributed by atoms with Crippen LogP contribution in [-0.2, 0) is 11.2 Å². The molecule has 0 spiro atoms. The second-order valence-corrected chi connectivity index (χ2v) is 5.90. The molecule has 1 aromatic heterocycles. The minimum absolute atomic E-state index is 0.0157. The molecule has 1 amide bonds. The quantitative estimate of drug-likeness (QED) is 0.947. The predicted molar refractivity (Wildman–Crippen MR) is 82.0 cm³/mol. The van der Waals surface area contributed by atoms with E-state index < -0.39 is 0 Å². The minimum Gasteiger partial charge on any atom is -0.346 e. The summed E-state index contributed by atoms with van der Waals surface area (Å²) >= 11 is 0. The Morgan fingerprint density at radius 1 is 1.45 bits per heavy atom.